The smallest absolute Gasteiger partial charge is 0.118 e. The van der Waals surface area contributed by atoms with Crippen LogP contribution in [0.15, 0.2) is 36.9 Å². The van der Waals surface area contributed by atoms with Gasteiger partial charge in [-0.15, -0.1) is 6.58 Å². The first kappa shape index (κ1) is 17.7. The monoisotopic (exact) mass is 292 g/mol. The molecule has 0 bridgehead atoms. The molecule has 0 spiro atoms. The number of aliphatic hydroxyl groups is 1. The summed E-state index contributed by atoms with van der Waals surface area (Å²) in [5, 5.41) is 10.2. The number of hydrogen-bond donors (Lipinski definition) is 1. The Hall–Kier alpha value is -1.36. The molecule has 1 unspecified atom stereocenters. The molecule has 0 amide bonds. The summed E-state index contributed by atoms with van der Waals surface area (Å²) >= 11 is 0. The summed E-state index contributed by atoms with van der Waals surface area (Å²) in [4.78, 5) is 4.38. The Balaban J connectivity index is 2.72. The maximum atomic E-state index is 10.2. The molecule has 0 heterocycles. The highest BCUT2D eigenvalue weighted by Gasteiger charge is 2.20. The van der Waals surface area contributed by atoms with Crippen LogP contribution < -0.4 is 4.74 Å². The number of methoxy groups -OCH3 is 1. The van der Waals surface area contributed by atoms with E-state index in [2.05, 4.69) is 42.6 Å². The Morgan fingerprint density at radius 1 is 1.24 bits per heavy atom. The van der Waals surface area contributed by atoms with Crippen LogP contribution in [-0.2, 0) is 6.54 Å². The van der Waals surface area contributed by atoms with E-state index < -0.39 is 5.60 Å². The Kier molecular flexibility index (Phi) is 6.89. The lowest BCUT2D eigenvalue weighted by Crippen LogP contribution is -2.41. The van der Waals surface area contributed by atoms with Gasteiger partial charge in [0.05, 0.1) is 12.7 Å². The molecule has 0 aliphatic heterocycles. The second-order valence-corrected chi connectivity index (χ2v) is 5.92. The van der Waals surface area contributed by atoms with Gasteiger partial charge < -0.3 is 14.7 Å². The van der Waals surface area contributed by atoms with Crippen molar-refractivity contribution >= 4 is 0 Å². The largest absolute Gasteiger partial charge is 0.497 e. The van der Waals surface area contributed by atoms with Gasteiger partial charge in [0.15, 0.2) is 0 Å². The van der Waals surface area contributed by atoms with Gasteiger partial charge in [-0.25, -0.2) is 0 Å². The van der Waals surface area contributed by atoms with E-state index >= 15 is 0 Å². The van der Waals surface area contributed by atoms with Crippen LogP contribution in [0.3, 0.4) is 0 Å². The van der Waals surface area contributed by atoms with E-state index in [4.69, 9.17) is 4.74 Å². The van der Waals surface area contributed by atoms with Crippen LogP contribution in [0.5, 0.6) is 5.75 Å². The van der Waals surface area contributed by atoms with E-state index in [9.17, 15) is 5.11 Å². The average Bonchev–Trinajstić information content (AvgIpc) is 2.45. The summed E-state index contributed by atoms with van der Waals surface area (Å²) in [6, 6.07) is 8.05. The van der Waals surface area contributed by atoms with Crippen LogP contribution in [-0.4, -0.2) is 61.3 Å². The van der Waals surface area contributed by atoms with Crippen LogP contribution in [0.25, 0.3) is 0 Å². The molecule has 4 nitrogen and oxygen atoms in total. The first-order chi connectivity index (χ1) is 9.86. The van der Waals surface area contributed by atoms with E-state index in [-0.39, 0.29) is 0 Å². The van der Waals surface area contributed by atoms with Crippen molar-refractivity contribution < 1.29 is 9.84 Å². The van der Waals surface area contributed by atoms with Crippen LogP contribution in [0.2, 0.25) is 0 Å². The van der Waals surface area contributed by atoms with Crippen molar-refractivity contribution in [3.63, 3.8) is 0 Å². The third-order valence-electron chi connectivity index (χ3n) is 3.41. The second kappa shape index (κ2) is 8.17. The Bertz CT molecular complexity index is 427. The minimum Gasteiger partial charge on any atom is -0.497 e. The second-order valence-electron chi connectivity index (χ2n) is 5.92. The van der Waals surface area contributed by atoms with Crippen LogP contribution in [0.4, 0.5) is 0 Å². The molecule has 0 saturated heterocycles. The summed E-state index contributed by atoms with van der Waals surface area (Å²) in [6.45, 7) is 8.69. The summed E-state index contributed by atoms with van der Waals surface area (Å²) in [6.07, 6.45) is 1.60. The fraction of sp³-hybridized carbons (Fsp3) is 0.529. The number of ether oxygens (including phenoxy) is 1. The number of hydrogen-bond acceptors (Lipinski definition) is 4. The van der Waals surface area contributed by atoms with Crippen molar-refractivity contribution in [2.45, 2.75) is 19.1 Å². The molecule has 0 aliphatic rings. The van der Waals surface area contributed by atoms with Crippen LogP contribution >= 0.6 is 0 Å². The predicted molar refractivity (Wildman–Crippen MR) is 87.6 cm³/mol. The zero-order chi connectivity index (χ0) is 15.9. The number of nitrogens with zero attached hydrogens (tertiary/aromatic N) is 2. The molecule has 1 aromatic rings. The minimum atomic E-state index is -0.876. The van der Waals surface area contributed by atoms with E-state index in [0.717, 1.165) is 25.4 Å². The van der Waals surface area contributed by atoms with E-state index in [1.165, 1.54) is 5.56 Å². The van der Waals surface area contributed by atoms with Crippen molar-refractivity contribution in [3.8, 4) is 5.75 Å². The lowest BCUT2D eigenvalue weighted by Gasteiger charge is -2.30. The maximum Gasteiger partial charge on any atom is 0.118 e. The fourth-order valence-corrected chi connectivity index (χ4v) is 2.06. The summed E-state index contributed by atoms with van der Waals surface area (Å²) in [7, 11) is 5.77. The molecule has 1 rings (SSSR count). The molecule has 4 heteroatoms. The van der Waals surface area contributed by atoms with Crippen LogP contribution in [0, 0.1) is 0 Å². The highest BCUT2D eigenvalue weighted by molar-refractivity contribution is 5.27. The highest BCUT2D eigenvalue weighted by Crippen LogP contribution is 2.15. The fourth-order valence-electron chi connectivity index (χ4n) is 2.06. The van der Waals surface area contributed by atoms with Gasteiger partial charge in [0.2, 0.25) is 0 Å². The van der Waals surface area contributed by atoms with Gasteiger partial charge in [0.1, 0.15) is 5.75 Å². The van der Waals surface area contributed by atoms with Crippen molar-refractivity contribution in [3.05, 3.63) is 42.5 Å². The van der Waals surface area contributed by atoms with E-state index in [1.807, 2.05) is 12.1 Å². The number of rotatable bonds is 9. The maximum absolute atomic E-state index is 10.2. The molecule has 0 aromatic heterocycles. The SMILES string of the molecule is C=CC(C)(O)CN(CCN(C)C)Cc1ccc(OC)cc1. The Morgan fingerprint density at radius 3 is 2.33 bits per heavy atom. The summed E-state index contributed by atoms with van der Waals surface area (Å²) < 4.78 is 5.18. The molecule has 0 aliphatic carbocycles. The first-order valence-electron chi connectivity index (χ1n) is 7.22. The molecule has 1 aromatic carbocycles. The molecule has 0 fully saturated rings. The van der Waals surface area contributed by atoms with Gasteiger partial charge in [-0.05, 0) is 38.7 Å². The third kappa shape index (κ3) is 6.76. The van der Waals surface area contributed by atoms with Gasteiger partial charge in [-0.3, -0.25) is 4.90 Å². The van der Waals surface area contributed by atoms with Gasteiger partial charge >= 0.3 is 0 Å². The molecule has 1 N–H and O–H groups in total. The molecular weight excluding hydrogens is 264 g/mol. The minimum absolute atomic E-state index is 0.566. The highest BCUT2D eigenvalue weighted by atomic mass is 16.5. The van der Waals surface area contributed by atoms with E-state index in [1.54, 1.807) is 20.1 Å². The lowest BCUT2D eigenvalue weighted by molar-refractivity contribution is 0.0562. The van der Waals surface area contributed by atoms with E-state index in [0.29, 0.717) is 6.54 Å². The van der Waals surface area contributed by atoms with Crippen molar-refractivity contribution in [1.82, 2.24) is 9.80 Å². The first-order valence-corrected chi connectivity index (χ1v) is 7.22. The average molecular weight is 292 g/mol. The quantitative estimate of drug-likeness (QED) is 0.706. The van der Waals surface area contributed by atoms with Gasteiger partial charge in [0.25, 0.3) is 0 Å². The standard InChI is InChI=1S/C17H28N2O2/c1-6-17(2,20)14-19(12-11-18(3)4)13-15-7-9-16(21-5)10-8-15/h6-10,20H,1,11-14H2,2-5H3. The zero-order valence-electron chi connectivity index (χ0n) is 13.7. The molecule has 118 valence electrons. The van der Waals surface area contributed by atoms with Crippen LogP contribution in [0.1, 0.15) is 12.5 Å². The predicted octanol–water partition coefficient (Wildman–Crippen LogP) is 2.00. The lowest BCUT2D eigenvalue weighted by atomic mass is 10.1. The van der Waals surface area contributed by atoms with Crippen molar-refractivity contribution in [2.75, 3.05) is 40.8 Å². The topological polar surface area (TPSA) is 35.9 Å². The Labute approximate surface area is 128 Å². The van der Waals surface area contributed by atoms with Crippen molar-refractivity contribution in [1.29, 1.82) is 0 Å². The molecule has 0 saturated carbocycles. The molecule has 0 radical (unpaired) electrons. The summed E-state index contributed by atoms with van der Waals surface area (Å²) in [5.41, 5.74) is 0.327. The van der Waals surface area contributed by atoms with Gasteiger partial charge in [-0.1, -0.05) is 18.2 Å². The zero-order valence-corrected chi connectivity index (χ0v) is 13.7. The molecule has 21 heavy (non-hydrogen) atoms. The molecular formula is C17H28N2O2. The molecule has 1 atom stereocenters. The summed E-state index contributed by atoms with van der Waals surface area (Å²) in [5.74, 6) is 0.858. The number of benzene rings is 1. The van der Waals surface area contributed by atoms with Crippen molar-refractivity contribution in [2.24, 2.45) is 0 Å². The normalized spacial score (nSPS) is 14.2. The Morgan fingerprint density at radius 2 is 1.86 bits per heavy atom. The van der Waals surface area contributed by atoms with Gasteiger partial charge in [-0.2, -0.15) is 0 Å². The number of likely N-dealkylation sites (N-methyl/N-ethyl adjacent to an activating group) is 1. The third-order valence-corrected chi connectivity index (χ3v) is 3.41. The van der Waals surface area contributed by atoms with Gasteiger partial charge in [0, 0.05) is 26.2 Å².